The molecule has 0 bridgehead atoms. The Morgan fingerprint density at radius 3 is 2.45 bits per heavy atom. The average Bonchev–Trinajstić information content (AvgIpc) is 3.19. The lowest BCUT2D eigenvalue weighted by molar-refractivity contribution is -0.275. The number of nitrogens with one attached hydrogen (secondary N) is 1. The Labute approximate surface area is 199 Å². The van der Waals surface area contributed by atoms with Crippen molar-refractivity contribution in [2.45, 2.75) is 31.2 Å². The summed E-state index contributed by atoms with van der Waals surface area (Å²) in [6.07, 6.45) is -5.45. The van der Waals surface area contributed by atoms with Crippen LogP contribution in [0.3, 0.4) is 0 Å². The summed E-state index contributed by atoms with van der Waals surface area (Å²) >= 11 is 10.2. The maximum Gasteiger partial charge on any atom is 0.435 e. The Hall–Kier alpha value is -2.27. The van der Waals surface area contributed by atoms with Crippen LogP contribution >= 0.6 is 23.2 Å². The van der Waals surface area contributed by atoms with Crippen molar-refractivity contribution in [3.05, 3.63) is 68.7 Å². The highest BCUT2D eigenvalue weighted by molar-refractivity contribution is 8.08. The molecule has 0 aliphatic carbocycles. The first-order valence-electron chi connectivity index (χ1n) is 9.54. The van der Waals surface area contributed by atoms with E-state index in [4.69, 9.17) is 28.0 Å². The zero-order valence-electron chi connectivity index (χ0n) is 16.8. The highest BCUT2D eigenvalue weighted by Crippen LogP contribution is 2.49. The van der Waals surface area contributed by atoms with Crippen molar-refractivity contribution in [3.8, 4) is 0 Å². The smallest absolute Gasteiger partial charge is 0.435 e. The summed E-state index contributed by atoms with van der Waals surface area (Å²) < 4.78 is 53.6. The maximum atomic E-state index is 14.1. The fourth-order valence-corrected chi connectivity index (χ4v) is 5.03. The van der Waals surface area contributed by atoms with Crippen molar-refractivity contribution >= 4 is 51.1 Å². The van der Waals surface area contributed by atoms with Crippen LogP contribution in [0.5, 0.6) is 0 Å². The molecule has 2 aliphatic heterocycles. The summed E-state index contributed by atoms with van der Waals surface area (Å²) in [5.41, 5.74) is -1.99. The van der Waals surface area contributed by atoms with Gasteiger partial charge in [-0.3, -0.25) is 4.79 Å². The van der Waals surface area contributed by atoms with Crippen LogP contribution in [0.25, 0.3) is 0 Å². The summed E-state index contributed by atoms with van der Waals surface area (Å²) in [6.45, 7) is 1.60. The minimum Gasteiger partial charge on any atom is -0.609 e. The van der Waals surface area contributed by atoms with Crippen LogP contribution < -0.4 is 5.32 Å². The van der Waals surface area contributed by atoms with E-state index in [0.717, 1.165) is 12.1 Å². The van der Waals surface area contributed by atoms with Crippen LogP contribution in [0, 0.1) is 6.92 Å². The van der Waals surface area contributed by atoms with Crippen molar-refractivity contribution in [2.24, 2.45) is 5.16 Å². The van der Waals surface area contributed by atoms with E-state index in [1.54, 1.807) is 6.92 Å². The topological polar surface area (TPSA) is 90.8 Å². The lowest BCUT2D eigenvalue weighted by Gasteiger charge is -2.29. The molecule has 2 heterocycles. The van der Waals surface area contributed by atoms with E-state index in [1.165, 1.54) is 24.3 Å². The fraction of sp³-hybridized carbons (Fsp3) is 0.286. The minimum atomic E-state index is -4.82. The number of oxime groups is 1. The quantitative estimate of drug-likeness (QED) is 0.611. The Balaban J connectivity index is 1.58. The molecule has 0 radical (unpaired) electrons. The van der Waals surface area contributed by atoms with Gasteiger partial charge in [0.15, 0.2) is 6.04 Å². The third-order valence-corrected chi connectivity index (χ3v) is 7.26. The van der Waals surface area contributed by atoms with Crippen molar-refractivity contribution < 1.29 is 32.2 Å². The predicted octanol–water partition coefficient (Wildman–Crippen LogP) is 4.27. The predicted molar refractivity (Wildman–Crippen MR) is 117 cm³/mol. The molecule has 1 N–H and O–H groups in total. The Morgan fingerprint density at radius 2 is 1.91 bits per heavy atom. The normalized spacial score (nSPS) is 24.7. The van der Waals surface area contributed by atoms with Crippen LogP contribution in [0.1, 0.15) is 33.5 Å². The van der Waals surface area contributed by atoms with Gasteiger partial charge in [0.1, 0.15) is 5.75 Å². The third kappa shape index (κ3) is 4.32. The summed E-state index contributed by atoms with van der Waals surface area (Å²) in [5, 5.41) is 5.71. The first kappa shape index (κ1) is 23.9. The molecule has 4 rings (SSSR count). The fourth-order valence-electron chi connectivity index (χ4n) is 3.64. The van der Waals surface area contributed by atoms with Gasteiger partial charge in [0.25, 0.3) is 11.5 Å². The first-order valence-corrected chi connectivity index (χ1v) is 11.6. The Bertz CT molecular complexity index is 1170. The van der Waals surface area contributed by atoms with E-state index in [2.05, 4.69) is 10.5 Å². The number of rotatable bonds is 4. The van der Waals surface area contributed by atoms with Gasteiger partial charge >= 0.3 is 11.3 Å². The zero-order valence-corrected chi connectivity index (χ0v) is 19.2. The maximum absolute atomic E-state index is 14.1. The number of amides is 1. The van der Waals surface area contributed by atoms with Gasteiger partial charge in [-0.1, -0.05) is 34.4 Å². The highest BCUT2D eigenvalue weighted by atomic mass is 35.5. The number of hydrogen-bond donors (Lipinski definition) is 1. The second-order valence-electron chi connectivity index (χ2n) is 7.68. The molecule has 174 valence electrons. The van der Waals surface area contributed by atoms with Crippen molar-refractivity contribution in [1.82, 2.24) is 5.32 Å². The number of halogens is 5. The molecular weight excluding hydrogens is 504 g/mol. The molecule has 6 nitrogen and oxygen atoms in total. The SMILES string of the molecule is Cc1cc(C2=NOC(c3cc(Cl)cc(Cl)c3)(C(F)(F)F)C2)ccc1C(=O)NC1C[S+]([O-])C1=O. The van der Waals surface area contributed by atoms with Gasteiger partial charge in [-0.25, -0.2) is 4.79 Å². The van der Waals surface area contributed by atoms with Gasteiger partial charge in [-0.15, -0.1) is 0 Å². The summed E-state index contributed by atoms with van der Waals surface area (Å²) in [7, 11) is 0. The van der Waals surface area contributed by atoms with Gasteiger partial charge in [0.05, 0.1) is 5.71 Å². The molecule has 0 saturated carbocycles. The number of carbonyl (C=O) groups excluding carboxylic acids is 2. The number of alkyl halides is 3. The van der Waals surface area contributed by atoms with E-state index < -0.39 is 46.4 Å². The summed E-state index contributed by atoms with van der Waals surface area (Å²) in [5.74, 6) is -0.486. The van der Waals surface area contributed by atoms with Crippen LogP contribution in [-0.2, 0) is 26.4 Å². The van der Waals surface area contributed by atoms with E-state index >= 15 is 0 Å². The van der Waals surface area contributed by atoms with Crippen LogP contribution in [0.15, 0.2) is 41.6 Å². The monoisotopic (exact) mass is 518 g/mol. The molecule has 2 aromatic carbocycles. The number of hydrogen-bond acceptors (Lipinski definition) is 5. The van der Waals surface area contributed by atoms with Crippen molar-refractivity contribution in [1.29, 1.82) is 0 Å². The second-order valence-corrected chi connectivity index (χ2v) is 9.98. The number of benzene rings is 2. The van der Waals surface area contributed by atoms with Crippen molar-refractivity contribution in [2.75, 3.05) is 5.75 Å². The standard InChI is InChI=1S/C21H15Cl2F3N2O4S/c1-10-4-11(2-3-15(10)18(29)27-17-9-33(31)19(17)30)16-8-20(32-28-16,21(24,25)26)12-5-13(22)7-14(23)6-12/h2-7,17H,8-9H2,1H3,(H,27,29). The van der Waals surface area contributed by atoms with Crippen molar-refractivity contribution in [3.63, 3.8) is 0 Å². The molecule has 0 spiro atoms. The third-order valence-electron chi connectivity index (χ3n) is 5.45. The molecule has 12 heteroatoms. The van der Waals surface area contributed by atoms with Gasteiger partial charge in [0.2, 0.25) is 0 Å². The van der Waals surface area contributed by atoms with Gasteiger partial charge in [-0.2, -0.15) is 13.2 Å². The number of carbonyl (C=O) groups is 2. The average molecular weight is 519 g/mol. The Morgan fingerprint density at radius 1 is 1.24 bits per heavy atom. The lowest BCUT2D eigenvalue weighted by Crippen LogP contribution is -2.57. The Kier molecular flexibility index (Phi) is 6.15. The molecule has 1 saturated heterocycles. The largest absolute Gasteiger partial charge is 0.609 e. The summed E-state index contributed by atoms with van der Waals surface area (Å²) in [4.78, 5) is 28.9. The van der Waals surface area contributed by atoms with Gasteiger partial charge in [-0.05, 0) is 48.4 Å². The van der Waals surface area contributed by atoms with Crippen LogP contribution in [0.4, 0.5) is 13.2 Å². The first-order chi connectivity index (χ1) is 15.4. The van der Waals surface area contributed by atoms with Crippen LogP contribution in [0.2, 0.25) is 10.0 Å². The molecule has 33 heavy (non-hydrogen) atoms. The van der Waals surface area contributed by atoms with Gasteiger partial charge < -0.3 is 14.7 Å². The van der Waals surface area contributed by atoms with E-state index in [1.807, 2.05) is 0 Å². The number of nitrogens with zero attached hydrogens (tertiary/aromatic N) is 1. The highest BCUT2D eigenvalue weighted by Gasteiger charge is 2.62. The molecule has 1 amide bonds. The summed E-state index contributed by atoms with van der Waals surface area (Å²) in [6, 6.07) is 7.15. The van der Waals surface area contributed by atoms with E-state index in [0.29, 0.717) is 11.1 Å². The van der Waals surface area contributed by atoms with E-state index in [9.17, 15) is 27.3 Å². The van der Waals surface area contributed by atoms with E-state index in [-0.39, 0.29) is 32.6 Å². The molecule has 2 aromatic rings. The minimum absolute atomic E-state index is 0.0261. The van der Waals surface area contributed by atoms with Gasteiger partial charge in [0, 0.05) is 38.8 Å². The molecule has 1 fully saturated rings. The zero-order chi connectivity index (χ0) is 24.1. The molecule has 3 atom stereocenters. The number of aryl methyl sites for hydroxylation is 1. The van der Waals surface area contributed by atoms with Crippen LogP contribution in [-0.4, -0.2) is 39.3 Å². The molecule has 0 aromatic heterocycles. The molecule has 2 aliphatic rings. The second kappa shape index (κ2) is 8.50. The molecular formula is C21H15Cl2F3N2O4S. The molecule has 3 unspecified atom stereocenters. The lowest BCUT2D eigenvalue weighted by atomic mass is 9.86.